The smallest absolute Gasteiger partial charge is 0.355 e. The summed E-state index contributed by atoms with van der Waals surface area (Å²) in [6.07, 6.45) is 0. The molecule has 2 unspecified atom stereocenters. The Morgan fingerprint density at radius 3 is 2.31 bits per heavy atom. The van der Waals surface area contributed by atoms with E-state index < -0.39 is 46.7 Å². The number of hydrogen-bond donors (Lipinski definition) is 2. The highest BCUT2D eigenvalue weighted by molar-refractivity contribution is 8.14. The van der Waals surface area contributed by atoms with Crippen LogP contribution in [0.3, 0.4) is 0 Å². The van der Waals surface area contributed by atoms with Gasteiger partial charge >= 0.3 is 23.8 Å². The molecule has 15 heteroatoms. The second-order valence-electron chi connectivity index (χ2n) is 11.7. The lowest BCUT2D eigenvalue weighted by atomic mass is 9.97. The number of rotatable bonds is 8. The molecule has 2 fully saturated rings. The Bertz CT molecular complexity index is 1440. The molecule has 6 amide bonds. The summed E-state index contributed by atoms with van der Waals surface area (Å²) in [5, 5.41) is 3.58. The normalized spacial score (nSPS) is 21.5. The summed E-state index contributed by atoms with van der Waals surface area (Å²) in [7, 11) is 0. The van der Waals surface area contributed by atoms with Gasteiger partial charge in [-0.15, -0.1) is 11.8 Å². The van der Waals surface area contributed by atoms with Crippen molar-refractivity contribution in [2.24, 2.45) is 5.92 Å². The minimum atomic E-state index is -1.35. The highest BCUT2D eigenvalue weighted by atomic mass is 32.2. The lowest BCUT2D eigenvalue weighted by molar-refractivity contribution is -0.159. The van der Waals surface area contributed by atoms with E-state index in [4.69, 9.17) is 4.74 Å². The van der Waals surface area contributed by atoms with Crippen molar-refractivity contribution in [3.05, 3.63) is 47.2 Å². The summed E-state index contributed by atoms with van der Waals surface area (Å²) in [5.41, 5.74) is -0.222. The molecule has 4 rings (SSSR count). The first-order chi connectivity index (χ1) is 21.1. The maximum Gasteiger partial charge on any atom is 0.355 e. The quantitative estimate of drug-likeness (QED) is 0.183. The van der Waals surface area contributed by atoms with Gasteiger partial charge in [-0.1, -0.05) is 49.0 Å². The van der Waals surface area contributed by atoms with Crippen molar-refractivity contribution in [1.82, 2.24) is 25.3 Å². The number of hydrogen-bond acceptors (Lipinski definition) is 10. The molecule has 0 spiro atoms. The number of ether oxygens (including phenoxy) is 1. The molecule has 3 aliphatic rings. The van der Waals surface area contributed by atoms with Gasteiger partial charge in [-0.05, 0) is 33.3 Å². The van der Waals surface area contributed by atoms with Gasteiger partial charge in [-0.3, -0.25) is 33.8 Å². The summed E-state index contributed by atoms with van der Waals surface area (Å²) in [4.78, 5) is 94.7. The third kappa shape index (κ3) is 7.35. The van der Waals surface area contributed by atoms with Crippen molar-refractivity contribution in [2.75, 3.05) is 25.4 Å². The molecule has 3 aliphatic heterocycles. The molecule has 1 aromatic rings. The average molecular weight is 660 g/mol. The number of benzene rings is 1. The molecule has 0 aliphatic carbocycles. The molecule has 0 radical (unpaired) electrons. The van der Waals surface area contributed by atoms with E-state index in [1.165, 1.54) is 28.5 Å². The minimum absolute atomic E-state index is 0.0194. The number of thioether (sulfide) groups is 2. The molecule has 2 saturated heterocycles. The zero-order valence-corrected chi connectivity index (χ0v) is 27.6. The lowest BCUT2D eigenvalue weighted by Crippen LogP contribution is -2.61. The number of piperazine rings is 1. The van der Waals surface area contributed by atoms with Crippen LogP contribution in [0, 0.1) is 5.92 Å². The topological polar surface area (TPSA) is 162 Å². The number of fused-ring (bicyclic) bond motifs is 1. The zero-order valence-electron chi connectivity index (χ0n) is 25.9. The molecule has 0 aromatic heterocycles. The maximum absolute atomic E-state index is 14.0. The van der Waals surface area contributed by atoms with Crippen LogP contribution >= 0.6 is 23.5 Å². The number of amides is 6. The summed E-state index contributed by atoms with van der Waals surface area (Å²) in [5.74, 6) is -3.71. The average Bonchev–Trinajstić information content (AvgIpc) is 2.98. The van der Waals surface area contributed by atoms with E-state index >= 15 is 0 Å². The Morgan fingerprint density at radius 2 is 1.71 bits per heavy atom. The Kier molecular flexibility index (Phi) is 10.3. The maximum atomic E-state index is 14.0. The van der Waals surface area contributed by atoms with Gasteiger partial charge in [0.2, 0.25) is 11.8 Å². The number of carbonyl (C=O) groups is 7. The first kappa shape index (κ1) is 34.0. The summed E-state index contributed by atoms with van der Waals surface area (Å²) < 4.78 is 5.64. The van der Waals surface area contributed by atoms with E-state index in [9.17, 15) is 33.6 Å². The fourth-order valence-electron chi connectivity index (χ4n) is 5.10. The monoisotopic (exact) mass is 659 g/mol. The number of β-lactam (4-membered cyclic amide) rings is 1. The van der Waals surface area contributed by atoms with Crippen LogP contribution in [0.1, 0.15) is 53.1 Å². The molecular weight excluding hydrogens is 622 g/mol. The molecule has 242 valence electrons. The fourth-order valence-corrected chi connectivity index (χ4v) is 7.47. The minimum Gasteiger partial charge on any atom is -0.455 e. The van der Waals surface area contributed by atoms with Gasteiger partial charge in [0.1, 0.15) is 22.7 Å². The van der Waals surface area contributed by atoms with Crippen LogP contribution in [0.2, 0.25) is 0 Å². The number of carbonyl (C=O) groups excluding carboxylic acids is 7. The molecule has 45 heavy (non-hydrogen) atoms. The molecule has 4 atom stereocenters. The third-order valence-corrected chi connectivity index (χ3v) is 9.74. The van der Waals surface area contributed by atoms with Crippen molar-refractivity contribution in [1.29, 1.82) is 0 Å². The van der Waals surface area contributed by atoms with Gasteiger partial charge in [-0.2, -0.15) is 0 Å². The first-order valence-electron chi connectivity index (χ1n) is 14.5. The van der Waals surface area contributed by atoms with Gasteiger partial charge in [0.15, 0.2) is 5.12 Å². The van der Waals surface area contributed by atoms with Crippen LogP contribution in [0.4, 0.5) is 4.79 Å². The van der Waals surface area contributed by atoms with Gasteiger partial charge in [-0.25, -0.2) is 9.59 Å². The Morgan fingerprint density at radius 1 is 1.04 bits per heavy atom. The molecule has 0 saturated carbocycles. The van der Waals surface area contributed by atoms with Crippen molar-refractivity contribution in [2.45, 2.75) is 63.9 Å². The second kappa shape index (κ2) is 13.6. The van der Waals surface area contributed by atoms with E-state index in [1.807, 2.05) is 0 Å². The van der Waals surface area contributed by atoms with Crippen LogP contribution in [-0.2, 0) is 33.5 Å². The highest BCUT2D eigenvalue weighted by Crippen LogP contribution is 2.45. The number of imide groups is 1. The van der Waals surface area contributed by atoms with Gasteiger partial charge in [0.25, 0.3) is 0 Å². The van der Waals surface area contributed by atoms with Crippen molar-refractivity contribution >= 4 is 64.3 Å². The Balaban J connectivity index is 1.68. The van der Waals surface area contributed by atoms with Crippen molar-refractivity contribution in [3.63, 3.8) is 0 Å². The highest BCUT2D eigenvalue weighted by Gasteiger charge is 2.53. The predicted molar refractivity (Wildman–Crippen MR) is 167 cm³/mol. The predicted octanol–water partition coefficient (Wildman–Crippen LogP) is 2.00. The van der Waals surface area contributed by atoms with Crippen LogP contribution in [0.15, 0.2) is 41.6 Å². The Labute approximate surface area is 269 Å². The summed E-state index contributed by atoms with van der Waals surface area (Å²) in [6.45, 7) is 10.3. The molecule has 0 bridgehead atoms. The number of likely N-dealkylation sites (N-methyl/N-ethyl adjacent to an activating group) is 1. The molecular formula is C30H37N5O8S2. The van der Waals surface area contributed by atoms with Crippen LogP contribution in [0.25, 0.3) is 0 Å². The second-order valence-corrected chi connectivity index (χ2v) is 14.1. The molecule has 1 aromatic carbocycles. The fraction of sp³-hybridized carbons (Fsp3) is 0.500. The van der Waals surface area contributed by atoms with Gasteiger partial charge in [0, 0.05) is 37.9 Å². The van der Waals surface area contributed by atoms with Crippen molar-refractivity contribution in [3.8, 4) is 0 Å². The van der Waals surface area contributed by atoms with E-state index in [2.05, 4.69) is 10.6 Å². The summed E-state index contributed by atoms with van der Waals surface area (Å²) in [6, 6.07) is 5.97. The Hall–Kier alpha value is -3.85. The van der Waals surface area contributed by atoms with Crippen molar-refractivity contribution < 1.29 is 38.3 Å². The number of nitrogens with one attached hydrogen (secondary N) is 2. The number of urea groups is 1. The van der Waals surface area contributed by atoms with E-state index in [1.54, 1.807) is 65.0 Å². The standard InChI is InChI=1S/C30H37N5O8S2/c1-7-33-13-14-34(26(40)25(33)39)29(42)31-20(18-11-9-8-10-12-18)22(37)32-23(45-17(3)36)19-15-44-27-16(2)24(38)35(27)21(19)28(41)43-30(4,5)6/h8-12,16,20,23,27H,7,13-15H2,1-6H3,(H,31,42)(H,32,37)/t16-,20?,23?,27+/m0/s1. The van der Waals surface area contributed by atoms with Gasteiger partial charge in [0.05, 0.1) is 11.3 Å². The van der Waals surface area contributed by atoms with E-state index in [0.717, 1.165) is 16.7 Å². The number of esters is 1. The van der Waals surface area contributed by atoms with E-state index in [0.29, 0.717) is 17.7 Å². The molecule has 2 N–H and O–H groups in total. The van der Waals surface area contributed by atoms with Crippen LogP contribution < -0.4 is 10.6 Å². The first-order valence-corrected chi connectivity index (χ1v) is 16.4. The summed E-state index contributed by atoms with van der Waals surface area (Å²) >= 11 is 2.16. The van der Waals surface area contributed by atoms with Crippen LogP contribution in [-0.4, -0.2) is 97.2 Å². The SMILES string of the molecule is CCN1CCN(C(=O)NC(C(=O)NC(SC(C)=O)C2=C(C(=O)OC(C)(C)C)N3C(=O)[C@H](C)[C@H]3SC2)c2ccccc2)C(=O)C1=O. The largest absolute Gasteiger partial charge is 0.455 e. The van der Waals surface area contributed by atoms with Gasteiger partial charge < -0.3 is 20.3 Å². The third-order valence-electron chi connectivity index (χ3n) is 7.33. The van der Waals surface area contributed by atoms with E-state index in [-0.39, 0.29) is 46.9 Å². The molecule has 13 nitrogen and oxygen atoms in total. The zero-order chi connectivity index (χ0) is 33.2. The lowest BCUT2D eigenvalue weighted by Gasteiger charge is -2.49. The van der Waals surface area contributed by atoms with Crippen LogP contribution in [0.5, 0.6) is 0 Å². The molecule has 3 heterocycles. The number of nitrogens with zero attached hydrogens (tertiary/aromatic N) is 3.